The minimum Gasteiger partial charge on any atom is -0.479 e. The first-order chi connectivity index (χ1) is 12.7. The van der Waals surface area contributed by atoms with Crippen LogP contribution in [0.3, 0.4) is 0 Å². The molecule has 26 heavy (non-hydrogen) atoms. The predicted molar refractivity (Wildman–Crippen MR) is 94.9 cm³/mol. The highest BCUT2D eigenvalue weighted by Crippen LogP contribution is 2.23. The molecule has 8 nitrogen and oxygen atoms in total. The molecule has 0 bridgehead atoms. The van der Waals surface area contributed by atoms with Crippen LogP contribution in [0, 0.1) is 0 Å². The second-order valence-corrected chi connectivity index (χ2v) is 5.89. The number of aromatic nitrogens is 4. The van der Waals surface area contributed by atoms with E-state index in [-0.39, 0.29) is 12.3 Å². The molecule has 0 atom stereocenters. The van der Waals surface area contributed by atoms with E-state index in [0.29, 0.717) is 30.8 Å². The zero-order valence-electron chi connectivity index (χ0n) is 14.6. The fraction of sp³-hybridized carbons (Fsp3) is 0.333. The van der Waals surface area contributed by atoms with Gasteiger partial charge < -0.3 is 9.30 Å². The summed E-state index contributed by atoms with van der Waals surface area (Å²) in [4.78, 5) is 24.4. The molecule has 136 valence electrons. The highest BCUT2D eigenvalue weighted by atomic mass is 16.5. The van der Waals surface area contributed by atoms with Gasteiger partial charge in [-0.05, 0) is 18.4 Å². The summed E-state index contributed by atoms with van der Waals surface area (Å²) in [7, 11) is 1.56. The van der Waals surface area contributed by atoms with Gasteiger partial charge in [0.2, 0.25) is 11.8 Å². The lowest BCUT2D eigenvalue weighted by atomic mass is 10.1. The van der Waals surface area contributed by atoms with Crippen molar-refractivity contribution in [2.75, 3.05) is 7.11 Å². The number of hydroxylamine groups is 1. The van der Waals surface area contributed by atoms with E-state index in [0.717, 1.165) is 23.5 Å². The average molecular weight is 355 g/mol. The number of ether oxygens (including phenoxy) is 1. The predicted octanol–water partition coefficient (Wildman–Crippen LogP) is 2.10. The highest BCUT2D eigenvalue weighted by Gasteiger charge is 2.16. The van der Waals surface area contributed by atoms with Crippen molar-refractivity contribution >= 4 is 17.1 Å². The molecule has 0 aliphatic heterocycles. The zero-order valence-corrected chi connectivity index (χ0v) is 14.6. The van der Waals surface area contributed by atoms with Crippen LogP contribution >= 0.6 is 0 Å². The monoisotopic (exact) mass is 355 g/mol. The molecule has 1 amide bonds. The number of fused-ring (bicyclic) bond motifs is 1. The zero-order chi connectivity index (χ0) is 18.4. The Hall–Kier alpha value is -3.00. The Morgan fingerprint density at radius 1 is 1.23 bits per heavy atom. The van der Waals surface area contributed by atoms with Gasteiger partial charge in [-0.15, -0.1) is 0 Å². The van der Waals surface area contributed by atoms with E-state index >= 15 is 0 Å². The molecule has 8 heteroatoms. The molecular weight excluding hydrogens is 334 g/mol. The largest absolute Gasteiger partial charge is 0.479 e. The molecule has 1 aromatic carbocycles. The number of benzene rings is 1. The van der Waals surface area contributed by atoms with Crippen molar-refractivity contribution in [2.45, 2.75) is 32.2 Å². The molecule has 0 unspecified atom stereocenters. The van der Waals surface area contributed by atoms with Gasteiger partial charge in [0.1, 0.15) is 12.2 Å². The van der Waals surface area contributed by atoms with E-state index in [2.05, 4.69) is 22.1 Å². The third kappa shape index (κ3) is 3.97. The molecule has 3 aromatic rings. The van der Waals surface area contributed by atoms with Gasteiger partial charge in [0.25, 0.3) is 0 Å². The third-order valence-corrected chi connectivity index (χ3v) is 4.14. The number of carbonyl (C=O) groups excluding carboxylic acids is 1. The third-order valence-electron chi connectivity index (χ3n) is 4.14. The van der Waals surface area contributed by atoms with Crippen molar-refractivity contribution in [1.82, 2.24) is 25.0 Å². The number of unbranched alkanes of at least 4 members (excludes halogenated alkanes) is 1. The quantitative estimate of drug-likeness (QED) is 0.364. The summed E-state index contributed by atoms with van der Waals surface area (Å²) in [6.07, 6.45) is 3.81. The number of methoxy groups -OCH3 is 1. The van der Waals surface area contributed by atoms with E-state index in [4.69, 9.17) is 14.9 Å². The summed E-state index contributed by atoms with van der Waals surface area (Å²) in [5.74, 6) is 0.938. The Morgan fingerprint density at radius 2 is 2.04 bits per heavy atom. The first kappa shape index (κ1) is 17.8. The van der Waals surface area contributed by atoms with Crippen molar-refractivity contribution in [3.63, 3.8) is 0 Å². The molecule has 2 aromatic heterocycles. The van der Waals surface area contributed by atoms with Gasteiger partial charge in [-0.1, -0.05) is 30.3 Å². The Balaban J connectivity index is 1.87. The lowest BCUT2D eigenvalue weighted by Crippen LogP contribution is -2.18. The van der Waals surface area contributed by atoms with Crippen LogP contribution in [-0.4, -0.2) is 37.7 Å². The number of hydrogen-bond acceptors (Lipinski definition) is 6. The van der Waals surface area contributed by atoms with Crippen molar-refractivity contribution < 1.29 is 14.7 Å². The SMILES string of the molecule is COc1ncnc2c1nc(Cc1ccccc1)n2CCCCC(=O)NO. The Kier molecular flexibility index (Phi) is 5.75. The van der Waals surface area contributed by atoms with Crippen LogP contribution in [0.1, 0.15) is 30.7 Å². The fourth-order valence-corrected chi connectivity index (χ4v) is 2.87. The van der Waals surface area contributed by atoms with Gasteiger partial charge >= 0.3 is 0 Å². The van der Waals surface area contributed by atoms with Crippen LogP contribution in [-0.2, 0) is 17.8 Å². The van der Waals surface area contributed by atoms with Gasteiger partial charge in [-0.2, -0.15) is 4.98 Å². The topological polar surface area (TPSA) is 102 Å². The number of hydrogen-bond donors (Lipinski definition) is 2. The molecule has 0 saturated heterocycles. The van der Waals surface area contributed by atoms with Gasteiger partial charge in [-0.25, -0.2) is 15.4 Å². The summed E-state index contributed by atoms with van der Waals surface area (Å²) in [6, 6.07) is 10.1. The highest BCUT2D eigenvalue weighted by molar-refractivity contribution is 5.77. The smallest absolute Gasteiger partial charge is 0.245 e. The van der Waals surface area contributed by atoms with Crippen LogP contribution in [0.15, 0.2) is 36.7 Å². The van der Waals surface area contributed by atoms with Crippen molar-refractivity contribution in [1.29, 1.82) is 0 Å². The lowest BCUT2D eigenvalue weighted by Gasteiger charge is -2.09. The van der Waals surface area contributed by atoms with Crippen LogP contribution in [0.25, 0.3) is 11.2 Å². The maximum absolute atomic E-state index is 11.2. The minimum atomic E-state index is -0.381. The van der Waals surface area contributed by atoms with E-state index < -0.39 is 0 Å². The molecule has 0 spiro atoms. The summed E-state index contributed by atoms with van der Waals surface area (Å²) in [5, 5.41) is 8.58. The first-order valence-corrected chi connectivity index (χ1v) is 8.44. The maximum atomic E-state index is 11.2. The molecule has 0 aliphatic rings. The minimum absolute atomic E-state index is 0.273. The molecular formula is C18H21N5O3. The number of nitrogens with zero attached hydrogens (tertiary/aromatic N) is 4. The number of imidazole rings is 1. The lowest BCUT2D eigenvalue weighted by molar-refractivity contribution is -0.129. The second kappa shape index (κ2) is 8.39. The average Bonchev–Trinajstić information content (AvgIpc) is 3.03. The summed E-state index contributed by atoms with van der Waals surface area (Å²) >= 11 is 0. The van der Waals surface area contributed by atoms with Crippen LogP contribution in [0.2, 0.25) is 0 Å². The van der Waals surface area contributed by atoms with Crippen LogP contribution < -0.4 is 10.2 Å². The van der Waals surface area contributed by atoms with Crippen LogP contribution in [0.4, 0.5) is 0 Å². The molecule has 0 saturated carbocycles. The van der Waals surface area contributed by atoms with Crippen molar-refractivity contribution in [2.24, 2.45) is 0 Å². The molecule has 0 aliphatic carbocycles. The van der Waals surface area contributed by atoms with Crippen molar-refractivity contribution in [3.8, 4) is 5.88 Å². The van der Waals surface area contributed by atoms with Crippen molar-refractivity contribution in [3.05, 3.63) is 48.0 Å². The van der Waals surface area contributed by atoms with E-state index in [1.54, 1.807) is 12.6 Å². The van der Waals surface area contributed by atoms with Gasteiger partial charge in [0.05, 0.1) is 7.11 Å². The number of aryl methyl sites for hydroxylation is 1. The second-order valence-electron chi connectivity index (χ2n) is 5.89. The number of nitrogens with one attached hydrogen (secondary N) is 1. The summed E-state index contributed by atoms with van der Waals surface area (Å²) in [6.45, 7) is 0.664. The van der Waals surface area contributed by atoms with E-state index in [1.165, 1.54) is 6.33 Å². The Morgan fingerprint density at radius 3 is 2.77 bits per heavy atom. The molecule has 0 fully saturated rings. The molecule has 0 radical (unpaired) electrons. The normalized spacial score (nSPS) is 10.8. The molecule has 2 heterocycles. The molecule has 3 rings (SSSR count). The fourth-order valence-electron chi connectivity index (χ4n) is 2.87. The van der Waals surface area contributed by atoms with E-state index in [1.807, 2.05) is 22.8 Å². The Labute approximate surface area is 150 Å². The van der Waals surface area contributed by atoms with Gasteiger partial charge in [0, 0.05) is 19.4 Å². The van der Waals surface area contributed by atoms with Gasteiger partial charge in [0.15, 0.2) is 11.2 Å². The summed E-state index contributed by atoms with van der Waals surface area (Å²) < 4.78 is 7.36. The maximum Gasteiger partial charge on any atom is 0.245 e. The summed E-state index contributed by atoms with van der Waals surface area (Å²) in [5.41, 5.74) is 4.15. The van der Waals surface area contributed by atoms with Gasteiger partial charge in [-0.3, -0.25) is 10.0 Å². The number of amides is 1. The number of carbonyl (C=O) groups is 1. The molecule has 2 N–H and O–H groups in total. The standard InChI is InChI=1S/C18H21N5O3/c1-26-18-16-17(19-12-20-18)23(10-6-5-9-15(24)22-25)14(21-16)11-13-7-3-2-4-8-13/h2-4,7-8,12,25H,5-6,9-11H2,1H3,(H,22,24). The first-order valence-electron chi connectivity index (χ1n) is 8.44. The number of rotatable bonds is 8. The van der Waals surface area contributed by atoms with E-state index in [9.17, 15) is 4.79 Å². The Bertz CT molecular complexity index is 879. The van der Waals surface area contributed by atoms with Crippen LogP contribution in [0.5, 0.6) is 5.88 Å².